The number of methoxy groups -OCH3 is 3. The fourth-order valence-electron chi connectivity index (χ4n) is 14.5. The Morgan fingerprint density at radius 1 is 0.638 bits per heavy atom. The Bertz CT molecular complexity index is 2790. The first kappa shape index (κ1) is 72.5. The van der Waals surface area contributed by atoms with E-state index in [2.05, 4.69) is 0 Å². The summed E-state index contributed by atoms with van der Waals surface area (Å²) in [4.78, 5) is 26.8. The van der Waals surface area contributed by atoms with Gasteiger partial charge in [0.05, 0.1) is 79.4 Å². The number of carbonyl (C=O) groups is 2. The topological polar surface area (TPSA) is 399 Å². The molecule has 34 heteroatoms. The molecule has 11 rings (SSSR count). The number of carbonyl (C=O) groups excluding carboxylic acids is 2. The molecule has 94 heavy (non-hydrogen) atoms. The van der Waals surface area contributed by atoms with Crippen molar-refractivity contribution in [2.45, 2.75) is 283 Å². The molecule has 1 aromatic rings. The second-order valence-electron chi connectivity index (χ2n) is 26.2. The molecular formula is C60H88Cl2O32. The summed E-state index contributed by atoms with van der Waals surface area (Å²) >= 11 is 12.1. The van der Waals surface area contributed by atoms with Crippen LogP contribution in [0, 0.1) is 12.8 Å². The fraction of sp³-hybridized carbons (Fsp3) is 0.867. The number of ether oxygens (including phenoxy) is 22. The largest absolute Gasteiger partial charge is 0.505 e. The second-order valence-corrected chi connectivity index (χ2v) is 27.0. The molecule has 8 N–H and O–H groups in total. The van der Waals surface area contributed by atoms with E-state index < -0.39 is 235 Å². The van der Waals surface area contributed by atoms with Gasteiger partial charge in [0, 0.05) is 34.2 Å². The maximum atomic E-state index is 13.5. The van der Waals surface area contributed by atoms with Crippen LogP contribution in [-0.2, 0) is 109 Å². The molecule has 32 nitrogen and oxygen atoms in total. The number of aromatic hydroxyl groups is 2. The van der Waals surface area contributed by atoms with Gasteiger partial charge in [-0.3, -0.25) is 4.79 Å². The van der Waals surface area contributed by atoms with E-state index in [1.54, 1.807) is 41.5 Å². The van der Waals surface area contributed by atoms with Gasteiger partial charge in [0.2, 0.25) is 6.29 Å². The summed E-state index contributed by atoms with van der Waals surface area (Å²) in [5.74, 6) is -7.60. The minimum absolute atomic E-state index is 0.00130. The van der Waals surface area contributed by atoms with Crippen molar-refractivity contribution in [2.75, 3.05) is 41.3 Å². The van der Waals surface area contributed by atoms with Gasteiger partial charge in [-0.1, -0.05) is 37.0 Å². The molecule has 10 saturated heterocycles. The predicted molar refractivity (Wildman–Crippen MR) is 309 cm³/mol. The molecule has 0 radical (unpaired) electrons. The van der Waals surface area contributed by atoms with Gasteiger partial charge in [-0.2, -0.15) is 0 Å². The number of benzene rings is 1. The third-order valence-corrected chi connectivity index (χ3v) is 20.2. The number of esters is 2. The lowest BCUT2D eigenvalue weighted by Crippen LogP contribution is -2.72. The predicted octanol–water partition coefficient (Wildman–Crippen LogP) is 0.541. The van der Waals surface area contributed by atoms with Crippen molar-refractivity contribution in [1.29, 1.82) is 0 Å². The Morgan fingerprint density at radius 2 is 1.32 bits per heavy atom. The molecule has 10 aliphatic heterocycles. The quantitative estimate of drug-likeness (QED) is 0.0987. The maximum Gasteiger partial charge on any atom is 0.342 e. The Hall–Kier alpha value is -2.70. The molecule has 0 bridgehead atoms. The molecular weight excluding hydrogens is 1300 g/mol. The molecule has 10 aliphatic rings. The van der Waals surface area contributed by atoms with E-state index in [9.17, 15) is 50.4 Å². The smallest absolute Gasteiger partial charge is 0.342 e. The average molecular weight is 1390 g/mol. The van der Waals surface area contributed by atoms with Gasteiger partial charge in [0.25, 0.3) is 5.97 Å². The zero-order chi connectivity index (χ0) is 68.2. The third-order valence-electron chi connectivity index (χ3n) is 19.4. The Labute approximate surface area is 551 Å². The number of rotatable bonds is 17. The molecule has 0 saturated carbocycles. The highest BCUT2D eigenvalue weighted by Gasteiger charge is 2.73. The molecule has 1 aromatic carbocycles. The van der Waals surface area contributed by atoms with E-state index >= 15 is 0 Å². The SMILES string of the molecule is COC[C@H]1O[C@@H](O[C@H]2OC[C@@H]3O[C@]4(O[C@H]3[C@@H]2OC(=O)C(C)C)O[C@H](C)[C@](O)([C@H](C)O)[C@@H]2OCO[C@@H]24)[C@@H](OC)[C@@H](O)[C@@H]1O[C@H]1O[C@H](C)[C@H](OC)[C@@H](O[C@@H]2C[C@@]3(C)O[C@]4(C[C@@H](O)[C@H](O[C@H]5C[C@@H](O)[C@@H](OC(=O)c6c(C)c(Cl)c(O)c(Cl)c6O)[C@H](C)O5)[C@@H](C)O4)O[C@H]3[C@@H](C)O2)[C@@H]1O. The lowest BCUT2D eigenvalue weighted by Gasteiger charge is -2.51. The third kappa shape index (κ3) is 13.1. The van der Waals surface area contributed by atoms with Crippen LogP contribution in [0.2, 0.25) is 10.0 Å². The Balaban J connectivity index is 0.723. The van der Waals surface area contributed by atoms with E-state index in [0.717, 1.165) is 0 Å². The molecule has 10 fully saturated rings. The number of hydrogen-bond acceptors (Lipinski definition) is 32. The number of hydrogen-bond donors (Lipinski definition) is 8. The van der Waals surface area contributed by atoms with E-state index in [1.807, 2.05) is 0 Å². The maximum absolute atomic E-state index is 13.5. The van der Waals surface area contributed by atoms with Crippen molar-refractivity contribution in [3.8, 4) is 11.5 Å². The van der Waals surface area contributed by atoms with Gasteiger partial charge in [0.1, 0.15) is 102 Å². The minimum Gasteiger partial charge on any atom is -0.505 e. The van der Waals surface area contributed by atoms with Crippen molar-refractivity contribution in [1.82, 2.24) is 0 Å². The first-order valence-electron chi connectivity index (χ1n) is 31.5. The van der Waals surface area contributed by atoms with Crippen LogP contribution in [0.5, 0.6) is 11.5 Å². The van der Waals surface area contributed by atoms with Crippen LogP contribution < -0.4 is 0 Å². The van der Waals surface area contributed by atoms with Gasteiger partial charge in [-0.15, -0.1) is 0 Å². The van der Waals surface area contributed by atoms with E-state index in [4.69, 9.17) is 127 Å². The Kier molecular flexibility index (Phi) is 21.6. The first-order chi connectivity index (χ1) is 44.3. The summed E-state index contributed by atoms with van der Waals surface area (Å²) < 4.78 is 137. The molecule has 2 spiro atoms. The highest BCUT2D eigenvalue weighted by Crippen LogP contribution is 2.53. The van der Waals surface area contributed by atoms with Crippen molar-refractivity contribution in [2.24, 2.45) is 5.92 Å². The van der Waals surface area contributed by atoms with Crippen LogP contribution in [-0.4, -0.2) is 289 Å². The lowest BCUT2D eigenvalue weighted by molar-refractivity contribution is -0.439. The van der Waals surface area contributed by atoms with Gasteiger partial charge >= 0.3 is 17.9 Å². The van der Waals surface area contributed by atoms with E-state index in [1.165, 1.54) is 49.0 Å². The van der Waals surface area contributed by atoms with Gasteiger partial charge in [-0.25, -0.2) is 4.79 Å². The van der Waals surface area contributed by atoms with Crippen molar-refractivity contribution < 1.29 is 155 Å². The van der Waals surface area contributed by atoms with Crippen molar-refractivity contribution >= 4 is 35.1 Å². The minimum atomic E-state index is -2.03. The molecule has 10 heterocycles. The average Bonchev–Trinajstić information content (AvgIpc) is 1.53. The summed E-state index contributed by atoms with van der Waals surface area (Å²) in [5, 5.41) is 89.7. The molecule has 0 unspecified atom stereocenters. The number of aliphatic hydroxyl groups is 6. The molecule has 0 aromatic heterocycles. The van der Waals surface area contributed by atoms with E-state index in [-0.39, 0.29) is 49.9 Å². The number of phenols is 2. The number of halogens is 2. The van der Waals surface area contributed by atoms with Crippen molar-refractivity contribution in [3.05, 3.63) is 21.2 Å². The fourth-order valence-corrected chi connectivity index (χ4v) is 14.9. The summed E-state index contributed by atoms with van der Waals surface area (Å²) in [5.41, 5.74) is -3.55. The van der Waals surface area contributed by atoms with Crippen LogP contribution in [0.15, 0.2) is 0 Å². The lowest BCUT2D eigenvalue weighted by atomic mass is 9.80. The van der Waals surface area contributed by atoms with Crippen LogP contribution in [0.3, 0.4) is 0 Å². The summed E-state index contributed by atoms with van der Waals surface area (Å²) in [6, 6.07) is 0. The van der Waals surface area contributed by atoms with Gasteiger partial charge < -0.3 is 145 Å². The highest BCUT2D eigenvalue weighted by atomic mass is 35.5. The van der Waals surface area contributed by atoms with Crippen LogP contribution >= 0.6 is 23.2 Å². The number of phenolic OH excluding ortho intramolecular Hbond substituents is 2. The van der Waals surface area contributed by atoms with Crippen LogP contribution in [0.25, 0.3) is 0 Å². The second kappa shape index (κ2) is 28.0. The zero-order valence-corrected chi connectivity index (χ0v) is 55.6. The zero-order valence-electron chi connectivity index (χ0n) is 54.1. The summed E-state index contributed by atoms with van der Waals surface area (Å²) in [6.45, 7) is 15.2. The standard InChI is InChI=1S/C60H88Cl2O32/c1-20(2)52(70)86-48-45-31(91-60(92-45)51-50(77-19-78-51)59(72,26(8)63)27(9)90-60)18-76-55(48)88-56-47(75-13)39(68)44(30(82-56)17-73-11)87-54-40(69)46(43(74-12)23(5)81-54)84-33-16-57(10)49(25(7)80-33)93-58(94-57)15-29(65)42(24(6)89-58)83-32-14-28(64)41(22(4)79-32)85-53(71)34-21(3)35(61)38(67)36(62)37(34)66/h20,22-33,39-51,54-56,63-69,72H,14-19H2,1-13H3/t22-,23+,24+,25+,26-,27+,28+,29+,30+,31-,32-,33+,39-,40-,41-,42+,43-,44+,45+,46-,47-,48-,49-,50+,51-,54+,55+,56-,57+,58-,59+,60+/m0/s1. The highest BCUT2D eigenvalue weighted by molar-refractivity contribution is 6.39. The van der Waals surface area contributed by atoms with Crippen molar-refractivity contribution in [3.63, 3.8) is 0 Å². The van der Waals surface area contributed by atoms with Crippen LogP contribution in [0.4, 0.5) is 0 Å². The Morgan fingerprint density at radius 3 is 1.98 bits per heavy atom. The first-order valence-corrected chi connectivity index (χ1v) is 32.2. The normalized spacial score (nSPS) is 48.1. The molecule has 0 aliphatic carbocycles. The monoisotopic (exact) mass is 1390 g/mol. The van der Waals surface area contributed by atoms with Gasteiger partial charge in [-0.05, 0) is 61.0 Å². The molecule has 534 valence electrons. The summed E-state index contributed by atoms with van der Waals surface area (Å²) in [7, 11) is 4.10. The van der Waals surface area contributed by atoms with E-state index in [0.29, 0.717) is 0 Å². The number of aliphatic hydroxyl groups excluding tert-OH is 5. The van der Waals surface area contributed by atoms with Gasteiger partial charge in [0.15, 0.2) is 55.0 Å². The number of fused-ring (bicyclic) bond motifs is 4. The molecule has 32 atom stereocenters. The van der Waals surface area contributed by atoms with Crippen LogP contribution in [0.1, 0.15) is 97.5 Å². The summed E-state index contributed by atoms with van der Waals surface area (Å²) in [6.07, 6.45) is -34.0. The molecule has 0 amide bonds.